The first-order chi connectivity index (χ1) is 15.0. The molecule has 2 aliphatic rings. The third-order valence-electron chi connectivity index (χ3n) is 6.32. The summed E-state index contributed by atoms with van der Waals surface area (Å²) in [5, 5.41) is 22.2. The monoisotopic (exact) mass is 448 g/mol. The van der Waals surface area contributed by atoms with Gasteiger partial charge in [0.1, 0.15) is 12.6 Å². The number of carboxylic acid groups (broad SMARTS) is 2. The maximum atomic E-state index is 13.4. The Labute approximate surface area is 187 Å². The van der Waals surface area contributed by atoms with Gasteiger partial charge in [-0.3, -0.25) is 19.7 Å². The molecule has 0 aromatic heterocycles. The van der Waals surface area contributed by atoms with Crippen molar-refractivity contribution < 1.29 is 24.6 Å². The van der Waals surface area contributed by atoms with E-state index in [-0.39, 0.29) is 18.5 Å². The van der Waals surface area contributed by atoms with Crippen LogP contribution in [0.15, 0.2) is 30.3 Å². The molecule has 1 amide bonds. The number of nitrogens with one attached hydrogen (secondary N) is 1. The number of aliphatic carboxylic acids is 2. The van der Waals surface area contributed by atoms with Crippen LogP contribution in [0.4, 0.5) is 0 Å². The van der Waals surface area contributed by atoms with E-state index < -0.39 is 24.0 Å². The summed E-state index contributed by atoms with van der Waals surface area (Å²) < 4.78 is 0. The molecule has 8 heteroatoms. The molecule has 7 nitrogen and oxygen atoms in total. The topological polar surface area (TPSA) is 107 Å². The van der Waals surface area contributed by atoms with Gasteiger partial charge in [0.15, 0.2) is 0 Å². The van der Waals surface area contributed by atoms with E-state index in [1.807, 2.05) is 30.3 Å². The Morgan fingerprint density at radius 2 is 1.81 bits per heavy atom. The van der Waals surface area contributed by atoms with Crippen molar-refractivity contribution in [2.24, 2.45) is 5.92 Å². The summed E-state index contributed by atoms with van der Waals surface area (Å²) in [4.78, 5) is 38.3. The van der Waals surface area contributed by atoms with Gasteiger partial charge in [-0.25, -0.2) is 0 Å². The van der Waals surface area contributed by atoms with Crippen LogP contribution in [0.5, 0.6) is 0 Å². The van der Waals surface area contributed by atoms with E-state index in [0.29, 0.717) is 30.3 Å². The van der Waals surface area contributed by atoms with Gasteiger partial charge >= 0.3 is 11.9 Å². The smallest absolute Gasteiger partial charge is 0.323 e. The second-order valence-electron chi connectivity index (χ2n) is 8.50. The quantitative estimate of drug-likeness (QED) is 0.533. The van der Waals surface area contributed by atoms with Gasteiger partial charge in [-0.15, -0.1) is 0 Å². The minimum atomic E-state index is -1.03. The Morgan fingerprint density at radius 3 is 2.45 bits per heavy atom. The average molecular weight is 449 g/mol. The molecule has 1 aromatic rings. The summed E-state index contributed by atoms with van der Waals surface area (Å²) >= 11 is 1.62. The number of amides is 1. The predicted molar refractivity (Wildman–Crippen MR) is 120 cm³/mol. The lowest BCUT2D eigenvalue weighted by Gasteiger charge is -2.37. The number of carbonyl (C=O) groups is 3. The van der Waals surface area contributed by atoms with Crippen LogP contribution in [0.2, 0.25) is 0 Å². The van der Waals surface area contributed by atoms with Crippen molar-refractivity contribution in [1.29, 1.82) is 0 Å². The molecule has 2 fully saturated rings. The lowest BCUT2D eigenvalue weighted by atomic mass is 9.83. The van der Waals surface area contributed by atoms with Crippen LogP contribution in [-0.2, 0) is 20.8 Å². The fourth-order valence-electron chi connectivity index (χ4n) is 4.68. The van der Waals surface area contributed by atoms with Gasteiger partial charge in [0, 0.05) is 17.5 Å². The number of nitrogens with zero attached hydrogens (tertiary/aromatic N) is 1. The van der Waals surface area contributed by atoms with Gasteiger partial charge in [-0.05, 0) is 37.2 Å². The largest absolute Gasteiger partial charge is 0.480 e. The highest BCUT2D eigenvalue weighted by Gasteiger charge is 2.39. The van der Waals surface area contributed by atoms with E-state index in [2.05, 4.69) is 5.32 Å². The number of benzene rings is 1. The molecule has 1 heterocycles. The first kappa shape index (κ1) is 23.6. The number of rotatable bonds is 9. The Bertz CT molecular complexity index is 754. The van der Waals surface area contributed by atoms with Crippen molar-refractivity contribution in [1.82, 2.24) is 10.2 Å². The Kier molecular flexibility index (Phi) is 8.78. The predicted octanol–water partition coefficient (Wildman–Crippen LogP) is 2.64. The highest BCUT2D eigenvalue weighted by molar-refractivity contribution is 7.99. The maximum Gasteiger partial charge on any atom is 0.323 e. The van der Waals surface area contributed by atoms with Gasteiger partial charge in [-0.1, -0.05) is 49.6 Å². The molecule has 0 spiro atoms. The molecule has 3 N–H and O–H groups in total. The number of hydrogen-bond acceptors (Lipinski definition) is 5. The van der Waals surface area contributed by atoms with E-state index in [4.69, 9.17) is 0 Å². The number of thioether (sulfide) groups is 1. The van der Waals surface area contributed by atoms with Crippen LogP contribution in [0.1, 0.15) is 44.1 Å². The van der Waals surface area contributed by atoms with Gasteiger partial charge in [0.2, 0.25) is 5.91 Å². The molecule has 3 rings (SSSR count). The third-order valence-corrected chi connectivity index (χ3v) is 7.47. The minimum Gasteiger partial charge on any atom is -0.480 e. The molecule has 1 saturated carbocycles. The molecule has 1 aromatic carbocycles. The van der Waals surface area contributed by atoms with Crippen molar-refractivity contribution in [2.75, 3.05) is 18.1 Å². The summed E-state index contributed by atoms with van der Waals surface area (Å²) in [6, 6.07) is 7.98. The first-order valence-corrected chi connectivity index (χ1v) is 12.2. The normalized spacial score (nSPS) is 23.9. The fourth-order valence-corrected chi connectivity index (χ4v) is 5.98. The number of aryl methyl sites for hydroxylation is 1. The van der Waals surface area contributed by atoms with Crippen molar-refractivity contribution in [2.45, 2.75) is 63.1 Å². The zero-order valence-corrected chi connectivity index (χ0v) is 18.6. The maximum absolute atomic E-state index is 13.4. The van der Waals surface area contributed by atoms with Gasteiger partial charge in [0.25, 0.3) is 0 Å². The zero-order chi connectivity index (χ0) is 22.2. The number of hydrogen-bond donors (Lipinski definition) is 3. The van der Waals surface area contributed by atoms with E-state index in [9.17, 15) is 24.6 Å². The molecule has 1 saturated heterocycles. The third kappa shape index (κ3) is 6.71. The van der Waals surface area contributed by atoms with Gasteiger partial charge in [-0.2, -0.15) is 11.8 Å². The first-order valence-electron chi connectivity index (χ1n) is 11.1. The highest BCUT2D eigenvalue weighted by atomic mass is 32.2. The SMILES string of the molecule is O=C(O)CN1C(=O)C(NC(CCc2ccccc2)C(=O)O)CSCC1C1CCCCC1. The number of carbonyl (C=O) groups excluding carboxylic acids is 1. The lowest BCUT2D eigenvalue weighted by Crippen LogP contribution is -2.56. The molecule has 3 unspecified atom stereocenters. The molecule has 1 aliphatic carbocycles. The second kappa shape index (κ2) is 11.5. The summed E-state index contributed by atoms with van der Waals surface area (Å²) in [7, 11) is 0. The van der Waals surface area contributed by atoms with Crippen LogP contribution in [0.25, 0.3) is 0 Å². The summed E-state index contributed by atoms with van der Waals surface area (Å²) in [5.74, 6) is -0.840. The van der Waals surface area contributed by atoms with Gasteiger partial charge in [0.05, 0.1) is 6.04 Å². The Morgan fingerprint density at radius 1 is 1.10 bits per heavy atom. The summed E-state index contributed by atoms with van der Waals surface area (Å²) in [5.41, 5.74) is 1.04. The molecule has 0 radical (unpaired) electrons. The van der Waals surface area contributed by atoms with E-state index in [1.165, 1.54) is 11.3 Å². The van der Waals surface area contributed by atoms with Crippen LogP contribution >= 0.6 is 11.8 Å². The fraction of sp³-hybridized carbons (Fsp3) is 0.609. The minimum absolute atomic E-state index is 0.103. The second-order valence-corrected chi connectivity index (χ2v) is 9.57. The molecule has 0 bridgehead atoms. The zero-order valence-electron chi connectivity index (χ0n) is 17.7. The highest BCUT2D eigenvalue weighted by Crippen LogP contribution is 2.33. The Balaban J connectivity index is 1.70. The van der Waals surface area contributed by atoms with Crippen LogP contribution in [0.3, 0.4) is 0 Å². The molecule has 170 valence electrons. The Hall–Kier alpha value is -2.06. The molecular formula is C23H32N2O5S. The van der Waals surface area contributed by atoms with Crippen molar-refractivity contribution in [3.05, 3.63) is 35.9 Å². The van der Waals surface area contributed by atoms with Gasteiger partial charge < -0.3 is 15.1 Å². The van der Waals surface area contributed by atoms with E-state index in [0.717, 1.165) is 31.2 Å². The molecule has 1 aliphatic heterocycles. The molecular weight excluding hydrogens is 416 g/mol. The lowest BCUT2D eigenvalue weighted by molar-refractivity contribution is -0.148. The van der Waals surface area contributed by atoms with Crippen molar-refractivity contribution in [3.63, 3.8) is 0 Å². The summed E-state index contributed by atoms with van der Waals surface area (Å²) in [6.45, 7) is -0.333. The summed E-state index contributed by atoms with van der Waals surface area (Å²) in [6.07, 6.45) is 6.39. The standard InChI is InChI=1S/C23H32N2O5S/c26-21(27)13-25-20(17-9-5-2-6-10-17)15-31-14-19(22(25)28)24-18(23(29)30)12-11-16-7-3-1-4-8-16/h1,3-4,7-8,17-20,24H,2,5-6,9-15H2,(H,26,27)(H,29,30). The van der Waals surface area contributed by atoms with Crippen LogP contribution in [0, 0.1) is 5.92 Å². The average Bonchev–Trinajstić information content (AvgIpc) is 2.91. The molecule has 3 atom stereocenters. The van der Waals surface area contributed by atoms with Crippen molar-refractivity contribution >= 4 is 29.6 Å². The van der Waals surface area contributed by atoms with Crippen LogP contribution < -0.4 is 5.32 Å². The van der Waals surface area contributed by atoms with E-state index in [1.54, 1.807) is 11.8 Å². The number of carboxylic acids is 2. The van der Waals surface area contributed by atoms with E-state index >= 15 is 0 Å². The van der Waals surface area contributed by atoms with Crippen LogP contribution in [-0.4, -0.2) is 69.1 Å². The molecule has 31 heavy (non-hydrogen) atoms. The van der Waals surface area contributed by atoms with Crippen molar-refractivity contribution in [3.8, 4) is 0 Å².